The number of imidazole rings is 1. The number of aliphatic imine (C=N–C) groups is 1. The van der Waals surface area contributed by atoms with Gasteiger partial charge in [0.25, 0.3) is 0 Å². The van der Waals surface area contributed by atoms with Gasteiger partial charge in [-0.25, -0.2) is 9.97 Å². The van der Waals surface area contributed by atoms with E-state index in [1.54, 1.807) is 29.7 Å². The van der Waals surface area contributed by atoms with Gasteiger partial charge in [0.2, 0.25) is 0 Å². The van der Waals surface area contributed by atoms with Crippen LogP contribution in [0.25, 0.3) is 4.96 Å². The van der Waals surface area contributed by atoms with E-state index in [0.717, 1.165) is 27.3 Å². The average Bonchev–Trinajstić information content (AvgIpc) is 3.22. The molecule has 0 aliphatic carbocycles. The minimum atomic E-state index is 0.465. The highest BCUT2D eigenvalue weighted by Gasteiger charge is 2.07. The Hall–Kier alpha value is -1.93. The number of nitrogens with one attached hydrogen (secondary N) is 2. The summed E-state index contributed by atoms with van der Waals surface area (Å²) in [4.78, 5) is 14.4. The van der Waals surface area contributed by atoms with Crippen molar-refractivity contribution in [3.63, 3.8) is 0 Å². The molecule has 0 spiro atoms. The molecule has 3 rings (SSSR count). The van der Waals surface area contributed by atoms with Crippen molar-refractivity contribution in [2.75, 3.05) is 7.05 Å². The molecule has 0 aromatic carbocycles. The van der Waals surface area contributed by atoms with Gasteiger partial charge in [-0.2, -0.15) is 0 Å². The summed E-state index contributed by atoms with van der Waals surface area (Å²) in [5.74, 6) is 1.22. The van der Waals surface area contributed by atoms with Crippen LogP contribution in [0.4, 0.5) is 0 Å². The third-order valence-corrected chi connectivity index (χ3v) is 5.01. The second-order valence-corrected chi connectivity index (χ2v) is 7.24. The van der Waals surface area contributed by atoms with Crippen LogP contribution in [0.3, 0.4) is 0 Å². The number of hydrogen-bond acceptors (Lipinski definition) is 5. The normalized spacial score (nSPS) is 12.3. The molecule has 3 heterocycles. The average molecular weight is 349 g/mol. The number of guanidine groups is 1. The maximum Gasteiger partial charge on any atom is 0.193 e. The number of thiazole rings is 2. The lowest BCUT2D eigenvalue weighted by Gasteiger charge is -2.09. The van der Waals surface area contributed by atoms with Crippen LogP contribution in [-0.2, 0) is 13.1 Å². The van der Waals surface area contributed by atoms with Crippen LogP contribution in [0.2, 0.25) is 0 Å². The first kappa shape index (κ1) is 15.9. The van der Waals surface area contributed by atoms with Gasteiger partial charge in [0, 0.05) is 30.2 Å². The largest absolute Gasteiger partial charge is 0.351 e. The number of aromatic nitrogens is 3. The predicted octanol–water partition coefficient (Wildman–Crippen LogP) is 2.84. The molecule has 122 valence electrons. The van der Waals surface area contributed by atoms with E-state index >= 15 is 0 Å². The van der Waals surface area contributed by atoms with Crippen LogP contribution < -0.4 is 10.6 Å². The van der Waals surface area contributed by atoms with Crippen LogP contribution >= 0.6 is 22.7 Å². The molecular formula is C15H20N6S2. The van der Waals surface area contributed by atoms with Crippen LogP contribution in [0.1, 0.15) is 36.2 Å². The van der Waals surface area contributed by atoms with Crippen molar-refractivity contribution < 1.29 is 0 Å². The molecule has 0 aliphatic rings. The molecule has 0 fully saturated rings. The first-order valence-electron chi connectivity index (χ1n) is 7.45. The van der Waals surface area contributed by atoms with Crippen LogP contribution in [0.5, 0.6) is 0 Å². The monoisotopic (exact) mass is 348 g/mol. The molecule has 0 saturated carbocycles. The van der Waals surface area contributed by atoms with Crippen molar-refractivity contribution >= 4 is 33.6 Å². The van der Waals surface area contributed by atoms with Gasteiger partial charge in [0.1, 0.15) is 5.01 Å². The SMILES string of the molecule is CN=C(NCc1cn2ccsc2n1)NCc1nc(C(C)C)cs1. The van der Waals surface area contributed by atoms with Gasteiger partial charge in [-0.3, -0.25) is 9.39 Å². The molecule has 2 N–H and O–H groups in total. The molecule has 0 unspecified atom stereocenters. The molecule has 0 saturated heterocycles. The molecule has 0 amide bonds. The number of fused-ring (bicyclic) bond motifs is 1. The highest BCUT2D eigenvalue weighted by molar-refractivity contribution is 7.15. The third-order valence-electron chi connectivity index (χ3n) is 3.37. The Morgan fingerprint density at radius 2 is 2.09 bits per heavy atom. The predicted molar refractivity (Wildman–Crippen MR) is 96.3 cm³/mol. The molecule has 6 nitrogen and oxygen atoms in total. The highest BCUT2D eigenvalue weighted by atomic mass is 32.1. The van der Waals surface area contributed by atoms with Gasteiger partial charge in [0.05, 0.1) is 24.5 Å². The Morgan fingerprint density at radius 3 is 2.78 bits per heavy atom. The van der Waals surface area contributed by atoms with Crippen molar-refractivity contribution in [1.82, 2.24) is 25.0 Å². The fourth-order valence-corrected chi connectivity index (χ4v) is 3.70. The van der Waals surface area contributed by atoms with E-state index in [0.29, 0.717) is 19.0 Å². The minimum absolute atomic E-state index is 0.465. The Kier molecular flexibility index (Phi) is 4.92. The topological polar surface area (TPSA) is 66.6 Å². The van der Waals surface area contributed by atoms with Crippen molar-refractivity contribution in [1.29, 1.82) is 0 Å². The van der Waals surface area contributed by atoms with Gasteiger partial charge in [-0.05, 0) is 5.92 Å². The Bertz CT molecular complexity index is 769. The molecule has 0 aliphatic heterocycles. The summed E-state index contributed by atoms with van der Waals surface area (Å²) in [6.07, 6.45) is 4.04. The molecule has 0 radical (unpaired) electrons. The van der Waals surface area contributed by atoms with Gasteiger partial charge in [0.15, 0.2) is 10.9 Å². The first-order valence-corrected chi connectivity index (χ1v) is 9.21. The first-order chi connectivity index (χ1) is 11.2. The lowest BCUT2D eigenvalue weighted by Crippen LogP contribution is -2.36. The Labute approximate surface area is 143 Å². The van der Waals surface area contributed by atoms with Crippen LogP contribution in [0.15, 0.2) is 28.1 Å². The summed E-state index contributed by atoms with van der Waals surface area (Å²) in [6.45, 7) is 5.63. The van der Waals surface area contributed by atoms with E-state index in [1.165, 1.54) is 0 Å². The summed E-state index contributed by atoms with van der Waals surface area (Å²) in [5.41, 5.74) is 2.14. The minimum Gasteiger partial charge on any atom is -0.351 e. The maximum absolute atomic E-state index is 4.62. The Morgan fingerprint density at radius 1 is 1.26 bits per heavy atom. The second-order valence-electron chi connectivity index (χ2n) is 5.43. The van der Waals surface area contributed by atoms with Crippen LogP contribution in [-0.4, -0.2) is 27.4 Å². The number of nitrogens with zero attached hydrogens (tertiary/aromatic N) is 4. The molecular weight excluding hydrogens is 328 g/mol. The zero-order valence-electron chi connectivity index (χ0n) is 13.4. The van der Waals surface area contributed by atoms with Crippen molar-refractivity contribution in [3.05, 3.63) is 39.5 Å². The van der Waals surface area contributed by atoms with E-state index < -0.39 is 0 Å². The molecule has 3 aromatic rings. The summed E-state index contributed by atoms with van der Waals surface area (Å²) in [7, 11) is 1.77. The fourth-order valence-electron chi connectivity index (χ4n) is 2.09. The number of rotatable bonds is 5. The quantitative estimate of drug-likeness (QED) is 0.550. The van der Waals surface area contributed by atoms with Crippen molar-refractivity contribution in [2.24, 2.45) is 4.99 Å². The molecule has 8 heteroatoms. The zero-order chi connectivity index (χ0) is 16.2. The van der Waals surface area contributed by atoms with Crippen molar-refractivity contribution in [2.45, 2.75) is 32.9 Å². The lowest BCUT2D eigenvalue weighted by atomic mass is 10.2. The summed E-state index contributed by atoms with van der Waals surface area (Å²) < 4.78 is 2.03. The van der Waals surface area contributed by atoms with Gasteiger partial charge in [-0.15, -0.1) is 22.7 Å². The summed E-state index contributed by atoms with van der Waals surface area (Å²) in [6, 6.07) is 0. The summed E-state index contributed by atoms with van der Waals surface area (Å²) >= 11 is 3.31. The maximum atomic E-state index is 4.62. The fraction of sp³-hybridized carbons (Fsp3) is 0.400. The molecule has 0 bridgehead atoms. The second kappa shape index (κ2) is 7.10. The van der Waals surface area contributed by atoms with Crippen molar-refractivity contribution in [3.8, 4) is 0 Å². The van der Waals surface area contributed by atoms with E-state index in [2.05, 4.69) is 44.8 Å². The zero-order valence-corrected chi connectivity index (χ0v) is 15.0. The lowest BCUT2D eigenvalue weighted by molar-refractivity contribution is 0.780. The summed E-state index contributed by atoms with van der Waals surface area (Å²) in [5, 5.41) is 11.8. The van der Waals surface area contributed by atoms with Crippen LogP contribution in [0, 0.1) is 0 Å². The third kappa shape index (κ3) is 3.89. The smallest absolute Gasteiger partial charge is 0.193 e. The van der Waals surface area contributed by atoms with E-state index in [1.807, 2.05) is 22.2 Å². The van der Waals surface area contributed by atoms with Gasteiger partial charge >= 0.3 is 0 Å². The number of hydrogen-bond donors (Lipinski definition) is 2. The van der Waals surface area contributed by atoms with Gasteiger partial charge < -0.3 is 10.6 Å². The van der Waals surface area contributed by atoms with Gasteiger partial charge in [-0.1, -0.05) is 13.8 Å². The Balaban J connectivity index is 1.52. The molecule has 23 heavy (non-hydrogen) atoms. The van der Waals surface area contributed by atoms with E-state index in [9.17, 15) is 0 Å². The molecule has 0 atom stereocenters. The highest BCUT2D eigenvalue weighted by Crippen LogP contribution is 2.17. The standard InChI is InChI=1S/C15H20N6S2/c1-10(2)12-9-23-13(20-12)7-18-14(16-3)17-6-11-8-21-4-5-22-15(21)19-11/h4-5,8-10H,6-7H2,1-3H3,(H2,16,17,18). The van der Waals surface area contributed by atoms with E-state index in [-0.39, 0.29) is 0 Å². The van der Waals surface area contributed by atoms with E-state index in [4.69, 9.17) is 0 Å². The molecule has 3 aromatic heterocycles.